The van der Waals surface area contributed by atoms with Crippen LogP contribution < -0.4 is 0 Å². The van der Waals surface area contributed by atoms with Crippen LogP contribution >= 0.6 is 23.4 Å². The molecule has 0 radical (unpaired) electrons. The van der Waals surface area contributed by atoms with Crippen molar-refractivity contribution in [2.24, 2.45) is 0 Å². The first-order valence-electron chi connectivity index (χ1n) is 6.92. The number of hydrogen-bond donors (Lipinski definition) is 1. The van der Waals surface area contributed by atoms with Gasteiger partial charge in [0.25, 0.3) is 0 Å². The lowest BCUT2D eigenvalue weighted by Crippen LogP contribution is -2.38. The normalized spacial score (nSPS) is 21.1. The summed E-state index contributed by atoms with van der Waals surface area (Å²) in [5.74, 6) is -0.759. The van der Waals surface area contributed by atoms with Gasteiger partial charge >= 0.3 is 5.97 Å². The molecule has 0 saturated carbocycles. The molecule has 1 aromatic rings. The standard InChI is InChI=1S/C15H18ClNO4S/c1-21-11-6-10(7-15(19)20)17(8-11)14(18)9-22-13-5-3-2-4-12(13)16/h2-5,10-11H,6-9H2,1H3,(H,19,20). The second kappa shape index (κ2) is 7.85. The summed E-state index contributed by atoms with van der Waals surface area (Å²) in [5, 5.41) is 9.59. The van der Waals surface area contributed by atoms with E-state index in [1.54, 1.807) is 18.1 Å². The van der Waals surface area contributed by atoms with E-state index in [1.807, 2.05) is 18.2 Å². The smallest absolute Gasteiger partial charge is 0.305 e. The molecule has 120 valence electrons. The zero-order chi connectivity index (χ0) is 16.1. The number of amides is 1. The fraction of sp³-hybridized carbons (Fsp3) is 0.467. The number of likely N-dealkylation sites (tertiary alicyclic amines) is 1. The lowest BCUT2D eigenvalue weighted by atomic mass is 10.1. The second-order valence-electron chi connectivity index (χ2n) is 5.11. The quantitative estimate of drug-likeness (QED) is 0.804. The molecule has 1 fully saturated rings. The number of methoxy groups -OCH3 is 1. The Kier molecular flexibility index (Phi) is 6.11. The van der Waals surface area contributed by atoms with E-state index in [0.29, 0.717) is 18.0 Å². The summed E-state index contributed by atoms with van der Waals surface area (Å²) in [6.07, 6.45) is 0.409. The van der Waals surface area contributed by atoms with Crippen molar-refractivity contribution in [3.63, 3.8) is 0 Å². The van der Waals surface area contributed by atoms with Gasteiger partial charge in [-0.1, -0.05) is 23.7 Å². The van der Waals surface area contributed by atoms with Gasteiger partial charge in [0.05, 0.1) is 23.3 Å². The van der Waals surface area contributed by atoms with E-state index >= 15 is 0 Å². The number of ether oxygens (including phenoxy) is 1. The third kappa shape index (κ3) is 4.38. The number of nitrogens with zero attached hydrogens (tertiary/aromatic N) is 1. The summed E-state index contributed by atoms with van der Waals surface area (Å²) in [7, 11) is 1.58. The van der Waals surface area contributed by atoms with Crippen molar-refractivity contribution < 1.29 is 19.4 Å². The molecule has 22 heavy (non-hydrogen) atoms. The van der Waals surface area contributed by atoms with Crippen molar-refractivity contribution in [2.75, 3.05) is 19.4 Å². The van der Waals surface area contributed by atoms with Crippen molar-refractivity contribution >= 4 is 35.2 Å². The SMILES string of the molecule is COC1CC(CC(=O)O)N(C(=O)CSc2ccccc2Cl)C1. The fourth-order valence-corrected chi connectivity index (χ4v) is 3.65. The van der Waals surface area contributed by atoms with E-state index in [0.717, 1.165) is 4.90 Å². The maximum absolute atomic E-state index is 12.4. The lowest BCUT2D eigenvalue weighted by Gasteiger charge is -2.23. The Labute approximate surface area is 138 Å². The number of benzene rings is 1. The van der Waals surface area contributed by atoms with Gasteiger partial charge in [0, 0.05) is 24.6 Å². The van der Waals surface area contributed by atoms with Crippen molar-refractivity contribution in [3.05, 3.63) is 29.3 Å². The Morgan fingerprint density at radius 3 is 2.82 bits per heavy atom. The number of carboxylic acid groups (broad SMARTS) is 1. The monoisotopic (exact) mass is 343 g/mol. The largest absolute Gasteiger partial charge is 0.481 e. The van der Waals surface area contributed by atoms with Crippen LogP contribution in [0.3, 0.4) is 0 Å². The molecule has 1 aliphatic heterocycles. The van der Waals surface area contributed by atoms with E-state index in [1.165, 1.54) is 11.8 Å². The van der Waals surface area contributed by atoms with E-state index < -0.39 is 5.97 Å². The molecule has 0 aliphatic carbocycles. The summed E-state index contributed by atoms with van der Waals surface area (Å²) in [4.78, 5) is 25.8. The molecule has 0 bridgehead atoms. The summed E-state index contributed by atoms with van der Waals surface area (Å²) >= 11 is 7.43. The Morgan fingerprint density at radius 1 is 1.45 bits per heavy atom. The van der Waals surface area contributed by atoms with Crippen LogP contribution in [0.1, 0.15) is 12.8 Å². The van der Waals surface area contributed by atoms with Crippen LogP contribution in [-0.2, 0) is 14.3 Å². The van der Waals surface area contributed by atoms with Crippen molar-refractivity contribution in [1.82, 2.24) is 4.90 Å². The van der Waals surface area contributed by atoms with Gasteiger partial charge in [-0.2, -0.15) is 0 Å². The topological polar surface area (TPSA) is 66.8 Å². The van der Waals surface area contributed by atoms with E-state index in [2.05, 4.69) is 0 Å². The van der Waals surface area contributed by atoms with Crippen LogP contribution in [0.2, 0.25) is 5.02 Å². The van der Waals surface area contributed by atoms with Crippen molar-refractivity contribution in [3.8, 4) is 0 Å². The predicted octanol–water partition coefficient (Wildman–Crippen LogP) is 2.52. The lowest BCUT2D eigenvalue weighted by molar-refractivity contribution is -0.139. The van der Waals surface area contributed by atoms with E-state index in [-0.39, 0.29) is 30.2 Å². The van der Waals surface area contributed by atoms with Crippen LogP contribution in [0, 0.1) is 0 Å². The minimum atomic E-state index is -0.904. The molecule has 1 saturated heterocycles. The van der Waals surface area contributed by atoms with Gasteiger partial charge in [0.15, 0.2) is 0 Å². The van der Waals surface area contributed by atoms with Crippen LogP contribution in [-0.4, -0.2) is 53.4 Å². The minimum Gasteiger partial charge on any atom is -0.481 e. The van der Waals surface area contributed by atoms with Gasteiger partial charge in [-0.15, -0.1) is 11.8 Å². The molecule has 0 spiro atoms. The number of hydrogen-bond acceptors (Lipinski definition) is 4. The molecule has 2 atom stereocenters. The van der Waals surface area contributed by atoms with Crippen molar-refractivity contribution in [2.45, 2.75) is 29.9 Å². The molecule has 1 amide bonds. The highest BCUT2D eigenvalue weighted by Crippen LogP contribution is 2.29. The molecule has 7 heteroatoms. The van der Waals surface area contributed by atoms with E-state index in [9.17, 15) is 9.59 Å². The van der Waals surface area contributed by atoms with Gasteiger partial charge in [-0.25, -0.2) is 0 Å². The van der Waals surface area contributed by atoms with Gasteiger partial charge < -0.3 is 14.7 Å². The highest BCUT2D eigenvalue weighted by molar-refractivity contribution is 8.00. The molecule has 0 aromatic heterocycles. The first kappa shape index (κ1) is 17.1. The number of thioether (sulfide) groups is 1. The first-order valence-corrected chi connectivity index (χ1v) is 8.29. The summed E-state index contributed by atoms with van der Waals surface area (Å²) in [5.41, 5.74) is 0. The summed E-state index contributed by atoms with van der Waals surface area (Å²) < 4.78 is 5.27. The van der Waals surface area contributed by atoms with E-state index in [4.69, 9.17) is 21.4 Å². The van der Waals surface area contributed by atoms with Gasteiger partial charge in [0.2, 0.25) is 5.91 Å². The number of rotatable bonds is 6. The van der Waals surface area contributed by atoms with Gasteiger partial charge in [0.1, 0.15) is 0 Å². The first-order chi connectivity index (χ1) is 10.5. The zero-order valence-electron chi connectivity index (χ0n) is 12.2. The number of carbonyl (C=O) groups is 2. The third-order valence-electron chi connectivity index (χ3n) is 3.63. The van der Waals surface area contributed by atoms with Crippen LogP contribution in [0.25, 0.3) is 0 Å². The Balaban J connectivity index is 1.97. The summed E-state index contributed by atoms with van der Waals surface area (Å²) in [6, 6.07) is 7.03. The molecular formula is C15H18ClNO4S. The maximum Gasteiger partial charge on any atom is 0.305 e. The number of carbonyl (C=O) groups excluding carboxylic acids is 1. The highest BCUT2D eigenvalue weighted by Gasteiger charge is 2.36. The molecule has 1 aromatic carbocycles. The fourth-order valence-electron chi connectivity index (χ4n) is 2.53. The molecular weight excluding hydrogens is 326 g/mol. The molecule has 1 N–H and O–H groups in total. The molecule has 1 heterocycles. The molecule has 5 nitrogen and oxygen atoms in total. The molecule has 1 aliphatic rings. The molecule has 2 unspecified atom stereocenters. The number of carboxylic acids is 1. The van der Waals surface area contributed by atoms with Crippen LogP contribution in [0.15, 0.2) is 29.2 Å². The Hall–Kier alpha value is -1.24. The number of aliphatic carboxylic acids is 1. The maximum atomic E-state index is 12.4. The minimum absolute atomic E-state index is 0.0532. The van der Waals surface area contributed by atoms with Gasteiger partial charge in [-0.3, -0.25) is 9.59 Å². The Morgan fingerprint density at radius 2 is 2.18 bits per heavy atom. The Bertz CT molecular complexity index is 554. The average Bonchev–Trinajstić information content (AvgIpc) is 2.88. The third-order valence-corrected chi connectivity index (χ3v) is 5.13. The highest BCUT2D eigenvalue weighted by atomic mass is 35.5. The van der Waals surface area contributed by atoms with Gasteiger partial charge in [-0.05, 0) is 18.6 Å². The van der Waals surface area contributed by atoms with Crippen molar-refractivity contribution in [1.29, 1.82) is 0 Å². The summed E-state index contributed by atoms with van der Waals surface area (Å²) in [6.45, 7) is 0.441. The van der Waals surface area contributed by atoms with Crippen LogP contribution in [0.4, 0.5) is 0 Å². The zero-order valence-corrected chi connectivity index (χ0v) is 13.8. The predicted molar refractivity (Wildman–Crippen MR) is 85.3 cm³/mol. The average molecular weight is 344 g/mol. The number of halogens is 1. The van der Waals surface area contributed by atoms with Crippen LogP contribution in [0.5, 0.6) is 0 Å². The second-order valence-corrected chi connectivity index (χ2v) is 6.53. The molecule has 2 rings (SSSR count).